The van der Waals surface area contributed by atoms with Gasteiger partial charge >= 0.3 is 0 Å². The molecule has 0 spiro atoms. The molecular weight excluding hydrogens is 270 g/mol. The number of rotatable bonds is 4. The summed E-state index contributed by atoms with van der Waals surface area (Å²) in [6.07, 6.45) is 1.60. The molecule has 0 saturated heterocycles. The minimum atomic E-state index is -0.903. The van der Waals surface area contributed by atoms with Gasteiger partial charge < -0.3 is 10.4 Å². The highest BCUT2D eigenvalue weighted by Gasteiger charge is 2.11. The normalized spacial score (nSPS) is 11.5. The highest BCUT2D eigenvalue weighted by molar-refractivity contribution is 7.84. The number of carbonyl (C=O) groups excluding carboxylic acids is 1. The second kappa shape index (κ2) is 7.31. The predicted octanol–water partition coefficient (Wildman–Crippen LogP) is 0.509. The van der Waals surface area contributed by atoms with E-state index in [2.05, 4.69) is 17.2 Å². The standard InChI is InChI=1S/C12H15NO3S2/c1-9-8-11(17-10(9)4-3-6-14)12(15)13-5-7-18(2)16/h8,14H,5-7H2,1-2H3,(H,13,15). The molecule has 1 atom stereocenters. The van der Waals surface area contributed by atoms with Crippen molar-refractivity contribution in [2.24, 2.45) is 0 Å². The Morgan fingerprint density at radius 3 is 2.94 bits per heavy atom. The molecule has 4 nitrogen and oxygen atoms in total. The van der Waals surface area contributed by atoms with Gasteiger partial charge in [0, 0.05) is 29.4 Å². The van der Waals surface area contributed by atoms with Crippen molar-refractivity contribution in [3.63, 3.8) is 0 Å². The van der Waals surface area contributed by atoms with Crippen molar-refractivity contribution in [2.75, 3.05) is 25.2 Å². The van der Waals surface area contributed by atoms with Crippen LogP contribution in [0.25, 0.3) is 0 Å². The molecular formula is C12H15NO3S2. The average Bonchev–Trinajstić information content (AvgIpc) is 2.67. The van der Waals surface area contributed by atoms with Crippen LogP contribution >= 0.6 is 11.3 Å². The van der Waals surface area contributed by atoms with Crippen LogP contribution in [0.4, 0.5) is 0 Å². The van der Waals surface area contributed by atoms with Gasteiger partial charge in [-0.25, -0.2) is 0 Å². The van der Waals surface area contributed by atoms with Gasteiger partial charge in [-0.2, -0.15) is 0 Å². The molecule has 0 aromatic carbocycles. The maximum Gasteiger partial charge on any atom is 0.261 e. The molecule has 1 unspecified atom stereocenters. The Bertz CT molecular complexity index is 511. The zero-order chi connectivity index (χ0) is 13.5. The largest absolute Gasteiger partial charge is 0.384 e. The minimum absolute atomic E-state index is 0.175. The van der Waals surface area contributed by atoms with Crippen LogP contribution in [0.5, 0.6) is 0 Å². The summed E-state index contributed by atoms with van der Waals surface area (Å²) < 4.78 is 10.9. The molecule has 0 fully saturated rings. The first kappa shape index (κ1) is 14.9. The van der Waals surface area contributed by atoms with E-state index in [1.54, 1.807) is 12.3 Å². The maximum atomic E-state index is 11.8. The summed E-state index contributed by atoms with van der Waals surface area (Å²) in [5.41, 5.74) is 0.921. The minimum Gasteiger partial charge on any atom is -0.384 e. The summed E-state index contributed by atoms with van der Waals surface area (Å²) in [4.78, 5) is 13.1. The van der Waals surface area contributed by atoms with Crippen LogP contribution in [0.1, 0.15) is 20.1 Å². The molecule has 0 bridgehead atoms. The van der Waals surface area contributed by atoms with E-state index in [1.807, 2.05) is 6.92 Å². The van der Waals surface area contributed by atoms with E-state index in [9.17, 15) is 9.00 Å². The smallest absolute Gasteiger partial charge is 0.261 e. The monoisotopic (exact) mass is 285 g/mol. The summed E-state index contributed by atoms with van der Waals surface area (Å²) in [5.74, 6) is 5.64. The molecule has 6 heteroatoms. The molecule has 1 amide bonds. The molecule has 1 rings (SSSR count). The molecule has 0 aliphatic rings. The van der Waals surface area contributed by atoms with Crippen molar-refractivity contribution in [1.82, 2.24) is 5.32 Å². The van der Waals surface area contributed by atoms with Crippen molar-refractivity contribution >= 4 is 28.0 Å². The van der Waals surface area contributed by atoms with Gasteiger partial charge in [0.25, 0.3) is 5.91 Å². The Kier molecular flexibility index (Phi) is 6.05. The van der Waals surface area contributed by atoms with Crippen LogP contribution in [0.3, 0.4) is 0 Å². The maximum absolute atomic E-state index is 11.8. The van der Waals surface area contributed by atoms with Crippen LogP contribution in [-0.4, -0.2) is 40.4 Å². The van der Waals surface area contributed by atoms with Crippen molar-refractivity contribution in [3.8, 4) is 11.8 Å². The summed E-state index contributed by atoms with van der Waals surface area (Å²) in [6.45, 7) is 2.08. The van der Waals surface area contributed by atoms with Gasteiger partial charge in [-0.15, -0.1) is 11.3 Å². The van der Waals surface area contributed by atoms with Gasteiger partial charge in [-0.05, 0) is 18.6 Å². The summed E-state index contributed by atoms with van der Waals surface area (Å²) in [7, 11) is -0.903. The molecule has 1 heterocycles. The van der Waals surface area contributed by atoms with Crippen molar-refractivity contribution < 1.29 is 14.1 Å². The second-order valence-electron chi connectivity index (χ2n) is 3.62. The molecule has 2 N–H and O–H groups in total. The Morgan fingerprint density at radius 2 is 2.33 bits per heavy atom. The van der Waals surface area contributed by atoms with Gasteiger partial charge in [-0.1, -0.05) is 11.8 Å². The van der Waals surface area contributed by atoms with E-state index in [1.165, 1.54) is 11.3 Å². The van der Waals surface area contributed by atoms with Crippen LogP contribution in [0.2, 0.25) is 0 Å². The third-order valence-corrected chi connectivity index (χ3v) is 4.03. The van der Waals surface area contributed by atoms with Gasteiger partial charge in [0.15, 0.2) is 0 Å². The summed E-state index contributed by atoms with van der Waals surface area (Å²) in [6, 6.07) is 1.77. The lowest BCUT2D eigenvalue weighted by Crippen LogP contribution is -2.26. The van der Waals surface area contributed by atoms with Crippen molar-refractivity contribution in [1.29, 1.82) is 0 Å². The number of aliphatic hydroxyl groups excluding tert-OH is 1. The van der Waals surface area contributed by atoms with Crippen LogP contribution in [0, 0.1) is 18.8 Å². The van der Waals surface area contributed by atoms with E-state index < -0.39 is 10.8 Å². The highest BCUT2D eigenvalue weighted by atomic mass is 32.2. The topological polar surface area (TPSA) is 66.4 Å². The van der Waals surface area contributed by atoms with Gasteiger partial charge in [-0.3, -0.25) is 9.00 Å². The first-order valence-corrected chi connectivity index (χ1v) is 7.87. The molecule has 0 aliphatic carbocycles. The number of hydrogen-bond acceptors (Lipinski definition) is 4. The van der Waals surface area contributed by atoms with E-state index in [4.69, 9.17) is 5.11 Å². The van der Waals surface area contributed by atoms with Crippen molar-refractivity contribution in [2.45, 2.75) is 6.92 Å². The predicted molar refractivity (Wildman–Crippen MR) is 74.3 cm³/mol. The third kappa shape index (κ3) is 4.61. The fourth-order valence-corrected chi connectivity index (χ4v) is 2.59. The van der Waals surface area contributed by atoms with Gasteiger partial charge in [0.05, 0.1) is 9.75 Å². The number of hydrogen-bond donors (Lipinski definition) is 2. The Morgan fingerprint density at radius 1 is 1.61 bits per heavy atom. The van der Waals surface area contributed by atoms with E-state index in [-0.39, 0.29) is 12.5 Å². The zero-order valence-electron chi connectivity index (χ0n) is 10.3. The Labute approximate surface area is 113 Å². The lowest BCUT2D eigenvalue weighted by Gasteiger charge is -2.00. The van der Waals surface area contributed by atoms with Crippen LogP contribution in [0.15, 0.2) is 6.07 Å². The van der Waals surface area contributed by atoms with Gasteiger partial charge in [0.1, 0.15) is 6.61 Å². The Balaban J connectivity index is 2.66. The van der Waals surface area contributed by atoms with E-state index >= 15 is 0 Å². The number of nitrogens with one attached hydrogen (secondary N) is 1. The highest BCUT2D eigenvalue weighted by Crippen LogP contribution is 2.20. The lowest BCUT2D eigenvalue weighted by molar-refractivity contribution is 0.0960. The number of aliphatic hydroxyl groups is 1. The second-order valence-corrected chi connectivity index (χ2v) is 6.22. The zero-order valence-corrected chi connectivity index (χ0v) is 11.9. The average molecular weight is 285 g/mol. The number of thiophene rings is 1. The SMILES string of the molecule is Cc1cc(C(=O)NCCS(C)=O)sc1C#CCO. The molecule has 18 heavy (non-hydrogen) atoms. The quantitative estimate of drug-likeness (QED) is 0.792. The van der Waals surface area contributed by atoms with E-state index in [0.717, 1.165) is 10.4 Å². The van der Waals surface area contributed by atoms with Crippen LogP contribution < -0.4 is 5.32 Å². The van der Waals surface area contributed by atoms with Gasteiger partial charge in [0.2, 0.25) is 0 Å². The molecule has 98 valence electrons. The lowest BCUT2D eigenvalue weighted by atomic mass is 10.2. The van der Waals surface area contributed by atoms with E-state index in [0.29, 0.717) is 17.2 Å². The number of amides is 1. The van der Waals surface area contributed by atoms with Crippen LogP contribution in [-0.2, 0) is 10.8 Å². The first-order chi connectivity index (χ1) is 8.54. The molecule has 1 aromatic rings. The first-order valence-electron chi connectivity index (χ1n) is 5.33. The molecule has 0 saturated carbocycles. The number of carbonyl (C=O) groups is 1. The van der Waals surface area contributed by atoms with Crippen molar-refractivity contribution in [3.05, 3.63) is 21.4 Å². The fraction of sp³-hybridized carbons (Fsp3) is 0.417. The summed E-state index contributed by atoms with van der Waals surface area (Å²) in [5, 5.41) is 11.3. The fourth-order valence-electron chi connectivity index (χ4n) is 1.23. The molecule has 0 aliphatic heterocycles. The third-order valence-electron chi connectivity index (χ3n) is 2.10. The molecule has 0 radical (unpaired) electrons. The summed E-state index contributed by atoms with van der Waals surface area (Å²) >= 11 is 1.29. The molecule has 1 aromatic heterocycles. The number of aryl methyl sites for hydroxylation is 1. The Hall–Kier alpha value is -1.16.